The van der Waals surface area contributed by atoms with Crippen molar-refractivity contribution in [2.75, 3.05) is 119 Å². The van der Waals surface area contributed by atoms with Gasteiger partial charge in [-0.1, -0.05) is 0 Å². The molecular weight excluding hydrogens is 949 g/mol. The molecule has 3 aromatic rings. The first-order valence-electron chi connectivity index (χ1n) is 26.6. The summed E-state index contributed by atoms with van der Waals surface area (Å²) in [4.78, 5) is 0. The van der Waals surface area contributed by atoms with Crippen molar-refractivity contribution >= 4 is 0 Å². The molecule has 0 N–H and O–H groups in total. The van der Waals surface area contributed by atoms with Crippen molar-refractivity contribution < 1.29 is 85.3 Å². The van der Waals surface area contributed by atoms with Gasteiger partial charge in [0.15, 0.2) is 34.5 Å². The Morgan fingerprint density at radius 3 is 0.699 bits per heavy atom. The van der Waals surface area contributed by atoms with Crippen LogP contribution in [0.2, 0.25) is 0 Å². The largest absolute Gasteiger partial charge is 0.490 e. The van der Waals surface area contributed by atoms with E-state index >= 15 is 0 Å². The average molecular weight is 1010 g/mol. The Morgan fingerprint density at radius 1 is 0.288 bits per heavy atom. The molecule has 392 valence electrons. The van der Waals surface area contributed by atoms with E-state index in [9.17, 15) is 0 Å². The second-order valence-corrected chi connectivity index (χ2v) is 22.5. The molecule has 9 heterocycles. The second-order valence-electron chi connectivity index (χ2n) is 22.5. The summed E-state index contributed by atoms with van der Waals surface area (Å²) in [5, 5.41) is 0. The highest BCUT2D eigenvalue weighted by Crippen LogP contribution is 2.76. The van der Waals surface area contributed by atoms with Gasteiger partial charge in [0.25, 0.3) is 0 Å². The van der Waals surface area contributed by atoms with Gasteiger partial charge in [-0.2, -0.15) is 0 Å². The summed E-state index contributed by atoms with van der Waals surface area (Å²) in [5.74, 6) is 6.41. The first kappa shape index (κ1) is 45.9. The Balaban J connectivity index is 0.951. The van der Waals surface area contributed by atoms with Gasteiger partial charge in [0, 0.05) is 32.9 Å². The van der Waals surface area contributed by atoms with Crippen molar-refractivity contribution in [1.82, 2.24) is 0 Å². The second kappa shape index (κ2) is 18.4. The van der Waals surface area contributed by atoms with Crippen molar-refractivity contribution in [3.05, 3.63) is 53.1 Å². The Morgan fingerprint density at radius 2 is 0.479 bits per heavy atom. The molecule has 18 nitrogen and oxygen atoms in total. The van der Waals surface area contributed by atoms with Crippen LogP contribution < -0.4 is 42.6 Å². The standard InChI is InChI=1S/C55H64O18/c1-4-44(68-22-35-13-59-35)50(71-25-38-16-62-38)47(41(1)65-19-32-10-56-32)53-7-31-8-54(28-53,48-42(66-20-33-11-57-33)2-5-45(69-23-36-14-60-36)51(48)72-26-39-17-63-39)30-55(9-31,29-53)49-43(67-21-34-12-58-34)3-6-46(70-24-37-15-61-37)52(49)73-27-40-18-64-40/h1-6,31-40H,7-30H2. The molecule has 9 atom stereocenters. The van der Waals surface area contributed by atoms with E-state index in [4.69, 9.17) is 85.3 Å². The maximum Gasteiger partial charge on any atom is 0.168 e. The third-order valence-corrected chi connectivity index (χ3v) is 16.3. The zero-order valence-corrected chi connectivity index (χ0v) is 41.1. The lowest BCUT2D eigenvalue weighted by atomic mass is 9.36. The van der Waals surface area contributed by atoms with E-state index in [0.29, 0.717) is 173 Å². The Labute approximate surface area is 423 Å². The van der Waals surface area contributed by atoms with Crippen LogP contribution in [0.15, 0.2) is 36.4 Å². The van der Waals surface area contributed by atoms with Crippen molar-refractivity contribution in [3.8, 4) is 51.7 Å². The zero-order chi connectivity index (χ0) is 48.1. The molecule has 0 aromatic heterocycles. The molecule has 9 aliphatic heterocycles. The quantitative estimate of drug-likeness (QED) is 0.0826. The number of epoxide rings is 9. The number of rotatable bonds is 30. The molecule has 0 spiro atoms. The number of ether oxygens (including phenoxy) is 18. The van der Waals surface area contributed by atoms with Gasteiger partial charge >= 0.3 is 0 Å². The number of benzene rings is 3. The molecule has 4 bridgehead atoms. The lowest BCUT2D eigenvalue weighted by molar-refractivity contribution is -0.0549. The fraction of sp³-hybridized carbons (Fsp3) is 0.673. The molecule has 0 amide bonds. The van der Waals surface area contributed by atoms with Crippen LogP contribution in [0, 0.1) is 5.92 Å². The minimum atomic E-state index is -0.604. The molecule has 18 heteroatoms. The van der Waals surface area contributed by atoms with Gasteiger partial charge < -0.3 is 85.3 Å². The van der Waals surface area contributed by atoms with Crippen LogP contribution >= 0.6 is 0 Å². The zero-order valence-electron chi connectivity index (χ0n) is 41.1. The molecule has 4 saturated carbocycles. The van der Waals surface area contributed by atoms with E-state index in [2.05, 4.69) is 18.2 Å². The highest BCUT2D eigenvalue weighted by Gasteiger charge is 2.68. The van der Waals surface area contributed by atoms with Gasteiger partial charge in [-0.25, -0.2) is 0 Å². The van der Waals surface area contributed by atoms with Crippen LogP contribution in [-0.4, -0.2) is 174 Å². The van der Waals surface area contributed by atoms with E-state index in [1.54, 1.807) is 0 Å². The van der Waals surface area contributed by atoms with Gasteiger partial charge in [-0.15, -0.1) is 0 Å². The van der Waals surface area contributed by atoms with E-state index in [1.165, 1.54) is 0 Å². The normalized spacial score (nSPS) is 36.7. The lowest BCUT2D eigenvalue weighted by Gasteiger charge is -2.67. The van der Waals surface area contributed by atoms with Crippen molar-refractivity contribution in [3.63, 3.8) is 0 Å². The van der Waals surface area contributed by atoms with Gasteiger partial charge in [-0.05, 0) is 80.8 Å². The van der Waals surface area contributed by atoms with Crippen LogP contribution in [0.3, 0.4) is 0 Å². The third kappa shape index (κ3) is 10.1. The van der Waals surface area contributed by atoms with Crippen molar-refractivity contribution in [2.24, 2.45) is 5.92 Å². The Bertz CT molecular complexity index is 2250. The molecular formula is C55H64O18. The first-order chi connectivity index (χ1) is 35.9. The highest BCUT2D eigenvalue weighted by molar-refractivity contribution is 5.66. The van der Waals surface area contributed by atoms with Crippen LogP contribution in [0.5, 0.6) is 51.7 Å². The summed E-state index contributed by atoms with van der Waals surface area (Å²) in [6.07, 6.45) is 4.74. The van der Waals surface area contributed by atoms with Crippen LogP contribution in [-0.2, 0) is 58.9 Å². The summed E-state index contributed by atoms with van der Waals surface area (Å²) in [6.45, 7) is 9.40. The van der Waals surface area contributed by atoms with Gasteiger partial charge in [0.05, 0.1) is 59.5 Å². The molecule has 16 rings (SSSR count). The van der Waals surface area contributed by atoms with Crippen molar-refractivity contribution in [2.45, 2.75) is 110 Å². The maximum absolute atomic E-state index is 7.10. The summed E-state index contributed by atoms with van der Waals surface area (Å²) >= 11 is 0. The topological polar surface area (TPSA) is 196 Å². The molecule has 4 aliphatic carbocycles. The SMILES string of the molecule is c1cc(OCC2CO2)c(C23CC4CC(c5c(OCC6CO6)ccc(OCC6CO6)c5OCC5CO5)(C2)CC(c2c(OCC5CO5)ccc(OCC5CO5)c2OCC2CO2)(C4)C3)c(OCC2CO2)c1OCC1CO1. The molecule has 13 fully saturated rings. The van der Waals surface area contributed by atoms with E-state index < -0.39 is 16.2 Å². The summed E-state index contributed by atoms with van der Waals surface area (Å²) in [6, 6.07) is 12.2. The van der Waals surface area contributed by atoms with E-state index in [1.807, 2.05) is 18.2 Å². The number of hydrogen-bond donors (Lipinski definition) is 0. The minimum absolute atomic E-state index is 0.0113. The average Bonchev–Trinajstić information content (AvgIpc) is 4.24. The van der Waals surface area contributed by atoms with Crippen LogP contribution in [0.4, 0.5) is 0 Å². The fourth-order valence-electron chi connectivity index (χ4n) is 12.7. The van der Waals surface area contributed by atoms with Crippen molar-refractivity contribution in [1.29, 1.82) is 0 Å². The summed E-state index contributed by atoms with van der Waals surface area (Å²) in [7, 11) is 0. The predicted octanol–water partition coefficient (Wildman–Crippen LogP) is 4.80. The Kier molecular flexibility index (Phi) is 11.5. The molecule has 9 unspecified atom stereocenters. The molecule has 73 heavy (non-hydrogen) atoms. The molecule has 13 aliphatic rings. The predicted molar refractivity (Wildman–Crippen MR) is 253 cm³/mol. The summed E-state index contributed by atoms with van der Waals surface area (Å²) in [5.41, 5.74) is 1.15. The highest BCUT2D eigenvalue weighted by atomic mass is 16.6. The number of hydrogen-bond acceptors (Lipinski definition) is 18. The summed E-state index contributed by atoms with van der Waals surface area (Å²) < 4.78 is 114. The fourth-order valence-corrected chi connectivity index (χ4v) is 12.7. The third-order valence-electron chi connectivity index (χ3n) is 16.3. The van der Waals surface area contributed by atoms with Crippen LogP contribution in [0.1, 0.15) is 55.2 Å². The lowest BCUT2D eigenvalue weighted by Crippen LogP contribution is -2.62. The van der Waals surface area contributed by atoms with E-state index in [-0.39, 0.29) is 60.9 Å². The molecule has 9 saturated heterocycles. The van der Waals surface area contributed by atoms with Gasteiger partial charge in [0.2, 0.25) is 0 Å². The molecule has 3 aromatic carbocycles. The van der Waals surface area contributed by atoms with Gasteiger partial charge in [0.1, 0.15) is 132 Å². The monoisotopic (exact) mass is 1010 g/mol. The molecule has 0 radical (unpaired) electrons. The van der Waals surface area contributed by atoms with Crippen LogP contribution in [0.25, 0.3) is 0 Å². The minimum Gasteiger partial charge on any atom is -0.490 e. The first-order valence-corrected chi connectivity index (χ1v) is 26.6. The smallest absolute Gasteiger partial charge is 0.168 e. The van der Waals surface area contributed by atoms with Gasteiger partial charge in [-0.3, -0.25) is 0 Å². The Hall–Kier alpha value is -4.50. The maximum atomic E-state index is 7.10. The van der Waals surface area contributed by atoms with E-state index in [0.717, 1.165) is 53.2 Å².